The number of hydrogen-bond acceptors (Lipinski definition) is 4. The maximum Gasteiger partial charge on any atom is 0.0331 e. The van der Waals surface area contributed by atoms with Crippen LogP contribution in [-0.4, -0.2) is 48.1 Å². The van der Waals surface area contributed by atoms with Crippen molar-refractivity contribution in [2.45, 2.75) is 44.8 Å². The third-order valence-corrected chi connectivity index (χ3v) is 5.68. The molecule has 0 saturated carbocycles. The van der Waals surface area contributed by atoms with E-state index in [1.54, 1.807) is 4.88 Å². The lowest BCUT2D eigenvalue weighted by Gasteiger charge is -2.34. The maximum absolute atomic E-state index is 5.99. The van der Waals surface area contributed by atoms with Crippen LogP contribution in [0.15, 0.2) is 11.4 Å². The first-order valence-corrected chi connectivity index (χ1v) is 8.35. The molecule has 1 aromatic heterocycles. The van der Waals surface area contributed by atoms with Crippen LogP contribution in [0, 0.1) is 6.92 Å². The number of nitrogens with zero attached hydrogens (tertiary/aromatic N) is 2. The number of nitrogens with two attached hydrogens (primary N) is 1. The Labute approximate surface area is 120 Å². The third kappa shape index (κ3) is 3.19. The average Bonchev–Trinajstić information content (AvgIpc) is 3.01. The molecule has 0 radical (unpaired) electrons. The summed E-state index contributed by atoms with van der Waals surface area (Å²) in [4.78, 5) is 6.84. The van der Waals surface area contributed by atoms with Gasteiger partial charge < -0.3 is 5.73 Å². The van der Waals surface area contributed by atoms with Crippen molar-refractivity contribution in [3.8, 4) is 0 Å². The van der Waals surface area contributed by atoms with E-state index in [4.69, 9.17) is 5.73 Å². The van der Waals surface area contributed by atoms with Gasteiger partial charge in [0.25, 0.3) is 0 Å². The van der Waals surface area contributed by atoms with Crippen molar-refractivity contribution in [3.63, 3.8) is 0 Å². The molecule has 2 aliphatic heterocycles. The molecular formula is C15H25N3S. The number of aryl methyl sites for hydroxylation is 1. The molecule has 2 fully saturated rings. The number of piperidine rings is 1. The van der Waals surface area contributed by atoms with E-state index in [2.05, 4.69) is 28.2 Å². The molecule has 106 valence electrons. The summed E-state index contributed by atoms with van der Waals surface area (Å²) < 4.78 is 0. The zero-order valence-corrected chi connectivity index (χ0v) is 12.7. The molecule has 1 unspecified atom stereocenters. The lowest BCUT2D eigenvalue weighted by Crippen LogP contribution is -2.46. The maximum atomic E-state index is 5.99. The molecule has 1 aromatic rings. The van der Waals surface area contributed by atoms with Crippen LogP contribution in [0.3, 0.4) is 0 Å². The van der Waals surface area contributed by atoms with Crippen molar-refractivity contribution < 1.29 is 0 Å². The Kier molecular flexibility index (Phi) is 4.22. The van der Waals surface area contributed by atoms with Gasteiger partial charge >= 0.3 is 0 Å². The SMILES string of the molecule is Cc1ccsc1CN1CCC(N2CCC(N)CC2)C1. The Balaban J connectivity index is 1.51. The molecule has 4 heteroatoms. The van der Waals surface area contributed by atoms with Crippen molar-refractivity contribution in [2.24, 2.45) is 5.73 Å². The second-order valence-electron chi connectivity index (χ2n) is 6.08. The normalized spacial score (nSPS) is 27.2. The highest BCUT2D eigenvalue weighted by atomic mass is 32.1. The fourth-order valence-electron chi connectivity index (χ4n) is 3.31. The summed E-state index contributed by atoms with van der Waals surface area (Å²) in [6.07, 6.45) is 3.70. The standard InChI is InChI=1S/C15H25N3S/c1-12-5-9-19-15(12)11-17-6-4-14(10-17)18-7-2-13(16)3-8-18/h5,9,13-14H,2-4,6-8,10-11,16H2,1H3. The van der Waals surface area contributed by atoms with Crippen LogP contribution in [0.5, 0.6) is 0 Å². The third-order valence-electron chi connectivity index (χ3n) is 4.67. The Morgan fingerprint density at radius 1 is 1.26 bits per heavy atom. The summed E-state index contributed by atoms with van der Waals surface area (Å²) in [6.45, 7) is 8.28. The topological polar surface area (TPSA) is 32.5 Å². The molecule has 2 aliphatic rings. The van der Waals surface area contributed by atoms with E-state index < -0.39 is 0 Å². The highest BCUT2D eigenvalue weighted by Gasteiger charge is 2.29. The summed E-state index contributed by atoms with van der Waals surface area (Å²) in [7, 11) is 0. The van der Waals surface area contributed by atoms with Gasteiger partial charge in [-0.05, 0) is 56.3 Å². The van der Waals surface area contributed by atoms with Crippen LogP contribution < -0.4 is 5.73 Å². The van der Waals surface area contributed by atoms with E-state index >= 15 is 0 Å². The monoisotopic (exact) mass is 279 g/mol. The molecule has 1 atom stereocenters. The number of thiophene rings is 1. The molecule has 3 rings (SSSR count). The van der Waals surface area contributed by atoms with Crippen molar-refractivity contribution in [2.75, 3.05) is 26.2 Å². The quantitative estimate of drug-likeness (QED) is 0.919. The fraction of sp³-hybridized carbons (Fsp3) is 0.733. The molecule has 2 N–H and O–H groups in total. The van der Waals surface area contributed by atoms with Gasteiger partial charge in [0.2, 0.25) is 0 Å². The average molecular weight is 279 g/mol. The Bertz CT molecular complexity index is 409. The van der Waals surface area contributed by atoms with Gasteiger partial charge in [-0.25, -0.2) is 0 Å². The summed E-state index contributed by atoms with van der Waals surface area (Å²) >= 11 is 1.90. The summed E-state index contributed by atoms with van der Waals surface area (Å²) in [5, 5.41) is 2.21. The molecule has 0 aliphatic carbocycles. The van der Waals surface area contributed by atoms with Crippen LogP contribution in [0.2, 0.25) is 0 Å². The molecule has 0 spiro atoms. The molecule has 0 aromatic carbocycles. The van der Waals surface area contributed by atoms with E-state index in [1.807, 2.05) is 11.3 Å². The molecule has 19 heavy (non-hydrogen) atoms. The lowest BCUT2D eigenvalue weighted by molar-refractivity contribution is 0.151. The van der Waals surface area contributed by atoms with Crippen LogP contribution in [0.4, 0.5) is 0 Å². The van der Waals surface area contributed by atoms with Gasteiger partial charge in [0.1, 0.15) is 0 Å². The minimum atomic E-state index is 0.447. The van der Waals surface area contributed by atoms with E-state index in [1.165, 1.54) is 51.0 Å². The Morgan fingerprint density at radius 3 is 2.74 bits per heavy atom. The highest BCUT2D eigenvalue weighted by molar-refractivity contribution is 7.10. The molecule has 2 saturated heterocycles. The smallest absolute Gasteiger partial charge is 0.0331 e. The zero-order chi connectivity index (χ0) is 13.2. The molecule has 0 amide bonds. The number of rotatable bonds is 3. The van der Waals surface area contributed by atoms with Gasteiger partial charge in [-0.2, -0.15) is 0 Å². The predicted molar refractivity (Wildman–Crippen MR) is 81.5 cm³/mol. The van der Waals surface area contributed by atoms with Crippen LogP contribution in [0.1, 0.15) is 29.7 Å². The van der Waals surface area contributed by atoms with Gasteiger partial charge in [0, 0.05) is 36.6 Å². The van der Waals surface area contributed by atoms with Crippen LogP contribution in [-0.2, 0) is 6.54 Å². The number of hydrogen-bond donors (Lipinski definition) is 1. The van der Waals surface area contributed by atoms with Gasteiger partial charge in [-0.15, -0.1) is 11.3 Å². The molecular weight excluding hydrogens is 254 g/mol. The first-order chi connectivity index (χ1) is 9.22. The molecule has 0 bridgehead atoms. The largest absolute Gasteiger partial charge is 0.328 e. The fourth-order valence-corrected chi connectivity index (χ4v) is 4.26. The van der Waals surface area contributed by atoms with Crippen molar-refractivity contribution >= 4 is 11.3 Å². The van der Waals surface area contributed by atoms with Gasteiger partial charge in [-0.3, -0.25) is 9.80 Å². The Hall–Kier alpha value is -0.420. The van der Waals surface area contributed by atoms with E-state index in [0.717, 1.165) is 12.6 Å². The van der Waals surface area contributed by atoms with E-state index in [0.29, 0.717) is 6.04 Å². The number of likely N-dealkylation sites (tertiary alicyclic amines) is 2. The van der Waals surface area contributed by atoms with Crippen molar-refractivity contribution in [1.82, 2.24) is 9.80 Å². The van der Waals surface area contributed by atoms with Gasteiger partial charge in [0.05, 0.1) is 0 Å². The predicted octanol–water partition coefficient (Wildman–Crippen LogP) is 2.05. The minimum absolute atomic E-state index is 0.447. The Morgan fingerprint density at radius 2 is 2.05 bits per heavy atom. The van der Waals surface area contributed by atoms with E-state index in [9.17, 15) is 0 Å². The summed E-state index contributed by atoms with van der Waals surface area (Å²) in [6, 6.07) is 3.45. The van der Waals surface area contributed by atoms with Crippen LogP contribution in [0.25, 0.3) is 0 Å². The molecule has 3 nitrogen and oxygen atoms in total. The zero-order valence-electron chi connectivity index (χ0n) is 11.8. The highest BCUT2D eigenvalue weighted by Crippen LogP contribution is 2.24. The molecule has 3 heterocycles. The van der Waals surface area contributed by atoms with Crippen molar-refractivity contribution in [3.05, 3.63) is 21.9 Å². The second-order valence-corrected chi connectivity index (χ2v) is 7.08. The van der Waals surface area contributed by atoms with Gasteiger partial charge in [0.15, 0.2) is 0 Å². The van der Waals surface area contributed by atoms with Crippen LogP contribution >= 0.6 is 11.3 Å². The van der Waals surface area contributed by atoms with E-state index in [-0.39, 0.29) is 0 Å². The first kappa shape index (κ1) is 13.6. The lowest BCUT2D eigenvalue weighted by atomic mass is 10.0. The minimum Gasteiger partial charge on any atom is -0.328 e. The summed E-state index contributed by atoms with van der Waals surface area (Å²) in [5.74, 6) is 0. The second kappa shape index (κ2) is 5.92. The summed E-state index contributed by atoms with van der Waals surface area (Å²) in [5.41, 5.74) is 7.45. The first-order valence-electron chi connectivity index (χ1n) is 7.47. The van der Waals surface area contributed by atoms with Gasteiger partial charge in [-0.1, -0.05) is 0 Å². The van der Waals surface area contributed by atoms with Crippen molar-refractivity contribution in [1.29, 1.82) is 0 Å².